The molecule has 3 aliphatic rings. The van der Waals surface area contributed by atoms with Crippen molar-refractivity contribution in [2.24, 2.45) is 34.0 Å². The minimum absolute atomic E-state index is 0.00828. The largest absolute Gasteiger partial charge is 0.461 e. The lowest BCUT2D eigenvalue weighted by Crippen LogP contribution is -2.63. The topological polar surface area (TPSA) is 66.8 Å². The van der Waals surface area contributed by atoms with Crippen molar-refractivity contribution in [2.45, 2.75) is 85.9 Å². The molecular formula is C28H47NO4S. The summed E-state index contributed by atoms with van der Waals surface area (Å²) in [4.78, 5) is 28.9. The van der Waals surface area contributed by atoms with Crippen molar-refractivity contribution in [2.75, 3.05) is 31.1 Å². The Hall–Kier alpha value is -0.850. The normalized spacial score (nSPS) is 42.1. The van der Waals surface area contributed by atoms with Crippen LogP contribution in [0.3, 0.4) is 0 Å². The second kappa shape index (κ2) is 10.6. The molecule has 194 valence electrons. The number of esters is 1. The van der Waals surface area contributed by atoms with E-state index in [2.05, 4.69) is 46.1 Å². The second-order valence-corrected chi connectivity index (χ2v) is 12.7. The van der Waals surface area contributed by atoms with E-state index in [1.165, 1.54) is 0 Å². The summed E-state index contributed by atoms with van der Waals surface area (Å²) in [7, 11) is 0. The summed E-state index contributed by atoms with van der Waals surface area (Å²) in [5, 5.41) is 11.6. The highest BCUT2D eigenvalue weighted by Crippen LogP contribution is 2.67. The third-order valence-corrected chi connectivity index (χ3v) is 11.2. The highest BCUT2D eigenvalue weighted by molar-refractivity contribution is 7.99. The van der Waals surface area contributed by atoms with Crippen LogP contribution in [0, 0.1) is 34.0 Å². The summed E-state index contributed by atoms with van der Waals surface area (Å²) in [5.41, 5.74) is -1.25. The number of nitrogens with zero attached hydrogens (tertiary/aromatic N) is 1. The number of aliphatic hydroxyl groups is 1. The molecule has 0 aromatic rings. The molecule has 3 fully saturated rings. The summed E-state index contributed by atoms with van der Waals surface area (Å²) >= 11 is 1.61. The lowest BCUT2D eigenvalue weighted by atomic mass is 9.44. The molecule has 8 atom stereocenters. The predicted molar refractivity (Wildman–Crippen MR) is 140 cm³/mol. The fourth-order valence-corrected chi connectivity index (χ4v) is 8.35. The molecule has 0 aromatic heterocycles. The monoisotopic (exact) mass is 493 g/mol. The van der Waals surface area contributed by atoms with Crippen LogP contribution in [0.4, 0.5) is 0 Å². The first-order chi connectivity index (χ1) is 16.0. The number of ether oxygens (including phenoxy) is 1. The van der Waals surface area contributed by atoms with Crippen molar-refractivity contribution in [3.63, 3.8) is 0 Å². The van der Waals surface area contributed by atoms with E-state index in [9.17, 15) is 14.7 Å². The first-order valence-electron chi connectivity index (χ1n) is 13.3. The molecule has 0 radical (unpaired) electrons. The molecule has 1 N–H and O–H groups in total. The smallest absolute Gasteiger partial charge is 0.316 e. The van der Waals surface area contributed by atoms with Crippen LogP contribution in [0.15, 0.2) is 12.7 Å². The SMILES string of the molecule is C=C[C@]1(C)C[C@@H](OC(=O)CSCCN(CC)CC)[C@]2(C)[C@@H]3C(=O)CC[C@@]3(CC[C@@H]2C)[C@@H](C)[C@@H]1O. The van der Waals surface area contributed by atoms with Crippen molar-refractivity contribution in [1.29, 1.82) is 0 Å². The van der Waals surface area contributed by atoms with Gasteiger partial charge in [0.25, 0.3) is 0 Å². The van der Waals surface area contributed by atoms with E-state index in [-0.39, 0.29) is 29.1 Å². The van der Waals surface area contributed by atoms with Crippen molar-refractivity contribution in [3.8, 4) is 0 Å². The van der Waals surface area contributed by atoms with E-state index < -0.39 is 23.0 Å². The second-order valence-electron chi connectivity index (χ2n) is 11.6. The standard InChI is InChI=1S/C28H47NO4S/c1-8-26(6)17-22(33-23(31)18-34-16-15-29(9-2)10-3)27(7)19(4)11-13-28(20(5)25(26)32)14-12-21(30)24(27)28/h8,19-20,22,24-25,32H,1,9-18H2,2-7H3/t19-,20-,22+,24-,25-,26+,27+,28-/m0/s1. The van der Waals surface area contributed by atoms with Gasteiger partial charge in [0.05, 0.1) is 11.9 Å². The number of rotatable bonds is 9. The summed E-state index contributed by atoms with van der Waals surface area (Å²) < 4.78 is 6.30. The van der Waals surface area contributed by atoms with E-state index in [1.54, 1.807) is 11.8 Å². The number of hydrogen-bond acceptors (Lipinski definition) is 6. The zero-order chi connectivity index (χ0) is 25.3. The Bertz CT molecular complexity index is 770. The van der Waals surface area contributed by atoms with E-state index in [0.29, 0.717) is 24.4 Å². The van der Waals surface area contributed by atoms with Gasteiger partial charge in [-0.25, -0.2) is 0 Å². The van der Waals surface area contributed by atoms with E-state index in [4.69, 9.17) is 4.74 Å². The molecule has 3 rings (SSSR count). The van der Waals surface area contributed by atoms with Gasteiger partial charge in [0.2, 0.25) is 0 Å². The number of thioether (sulfide) groups is 1. The van der Waals surface area contributed by atoms with Gasteiger partial charge < -0.3 is 14.7 Å². The Morgan fingerprint density at radius 1 is 1.26 bits per heavy atom. The molecule has 0 aromatic carbocycles. The number of Topliss-reactive ketones (excluding diaryl/α,β-unsaturated/α-hetero) is 1. The molecule has 0 saturated heterocycles. The molecule has 0 aliphatic heterocycles. The zero-order valence-electron chi connectivity index (χ0n) is 22.3. The van der Waals surface area contributed by atoms with E-state index >= 15 is 0 Å². The maximum Gasteiger partial charge on any atom is 0.316 e. The summed E-state index contributed by atoms with van der Waals surface area (Å²) in [6.07, 6.45) is 4.64. The van der Waals surface area contributed by atoms with Crippen molar-refractivity contribution in [3.05, 3.63) is 12.7 Å². The quantitative estimate of drug-likeness (QED) is 0.278. The van der Waals surface area contributed by atoms with Gasteiger partial charge in [-0.3, -0.25) is 9.59 Å². The average molecular weight is 494 g/mol. The van der Waals surface area contributed by atoms with Crippen LogP contribution in [0.25, 0.3) is 0 Å². The summed E-state index contributed by atoms with van der Waals surface area (Å²) in [5.74, 6) is 1.37. The van der Waals surface area contributed by atoms with Gasteiger partial charge in [-0.05, 0) is 56.0 Å². The zero-order valence-corrected chi connectivity index (χ0v) is 23.1. The van der Waals surface area contributed by atoms with Gasteiger partial charge >= 0.3 is 5.97 Å². The first kappa shape index (κ1) is 27.7. The molecule has 5 nitrogen and oxygen atoms in total. The minimum Gasteiger partial charge on any atom is -0.461 e. The van der Waals surface area contributed by atoms with Crippen LogP contribution in [-0.2, 0) is 14.3 Å². The number of carbonyl (C=O) groups is 2. The van der Waals surface area contributed by atoms with Crippen LogP contribution >= 0.6 is 11.8 Å². The van der Waals surface area contributed by atoms with Crippen LogP contribution < -0.4 is 0 Å². The third-order valence-electron chi connectivity index (χ3n) is 10.2. The highest BCUT2D eigenvalue weighted by atomic mass is 32.2. The fourth-order valence-electron chi connectivity index (χ4n) is 7.58. The number of ketones is 1. The lowest BCUT2D eigenvalue weighted by Gasteiger charge is -2.61. The highest BCUT2D eigenvalue weighted by Gasteiger charge is 2.68. The Morgan fingerprint density at radius 2 is 1.94 bits per heavy atom. The number of hydrogen-bond donors (Lipinski definition) is 1. The maximum atomic E-state index is 13.4. The molecular weight excluding hydrogens is 446 g/mol. The third kappa shape index (κ3) is 4.64. The lowest BCUT2D eigenvalue weighted by molar-refractivity contribution is -0.205. The van der Waals surface area contributed by atoms with Gasteiger partial charge in [0.15, 0.2) is 0 Å². The molecule has 2 bridgehead atoms. The average Bonchev–Trinajstić information content (AvgIpc) is 3.17. The fraction of sp³-hybridized carbons (Fsp3) is 0.857. The molecule has 6 heteroatoms. The van der Waals surface area contributed by atoms with Crippen molar-refractivity contribution >= 4 is 23.5 Å². The Labute approximate surface area is 211 Å². The van der Waals surface area contributed by atoms with Crippen LogP contribution in [0.5, 0.6) is 0 Å². The number of carbonyl (C=O) groups excluding carboxylic acids is 2. The van der Waals surface area contributed by atoms with Crippen molar-refractivity contribution < 1.29 is 19.4 Å². The molecule has 3 saturated carbocycles. The van der Waals surface area contributed by atoms with Gasteiger partial charge in [-0.15, -0.1) is 18.3 Å². The molecule has 0 spiro atoms. The first-order valence-corrected chi connectivity index (χ1v) is 14.5. The molecule has 34 heavy (non-hydrogen) atoms. The summed E-state index contributed by atoms with van der Waals surface area (Å²) in [6.45, 7) is 20.0. The van der Waals surface area contributed by atoms with Crippen molar-refractivity contribution in [1.82, 2.24) is 4.90 Å². The van der Waals surface area contributed by atoms with Gasteiger partial charge in [0, 0.05) is 35.5 Å². The minimum atomic E-state index is -0.624. The Morgan fingerprint density at radius 3 is 2.56 bits per heavy atom. The van der Waals surface area contributed by atoms with Gasteiger partial charge in [0.1, 0.15) is 11.9 Å². The van der Waals surface area contributed by atoms with Crippen LogP contribution in [-0.4, -0.2) is 65.1 Å². The number of aliphatic hydroxyl groups excluding tert-OH is 1. The Balaban J connectivity index is 1.88. The Kier molecular flexibility index (Phi) is 8.68. The van der Waals surface area contributed by atoms with E-state index in [0.717, 1.165) is 44.6 Å². The predicted octanol–water partition coefficient (Wildman–Crippen LogP) is 4.97. The van der Waals surface area contributed by atoms with E-state index in [1.807, 2.05) is 13.0 Å². The summed E-state index contributed by atoms with van der Waals surface area (Å²) in [6, 6.07) is 0. The van der Waals surface area contributed by atoms with Gasteiger partial charge in [-0.1, -0.05) is 47.6 Å². The maximum absolute atomic E-state index is 13.4. The van der Waals surface area contributed by atoms with Gasteiger partial charge in [-0.2, -0.15) is 0 Å². The molecule has 0 amide bonds. The molecule has 0 heterocycles. The van der Waals surface area contributed by atoms with Crippen LogP contribution in [0.2, 0.25) is 0 Å². The molecule has 0 unspecified atom stereocenters. The molecule has 3 aliphatic carbocycles. The van der Waals surface area contributed by atoms with Crippen LogP contribution in [0.1, 0.15) is 73.6 Å².